The number of rotatable bonds is 8. The van der Waals surface area contributed by atoms with Crippen LogP contribution in [0.5, 0.6) is 0 Å². The van der Waals surface area contributed by atoms with Gasteiger partial charge >= 0.3 is 0 Å². The molecule has 1 N–H and O–H groups in total. The molecule has 1 unspecified atom stereocenters. The lowest BCUT2D eigenvalue weighted by atomic mass is 10.2. The minimum atomic E-state index is -3.44. The summed E-state index contributed by atoms with van der Waals surface area (Å²) in [5.74, 6) is 0.651. The number of amides is 1. The molecule has 1 atom stereocenters. The SMILES string of the molecule is CN(C)C(CNC(=O)Cc1ccc(S(=O)(=O)N2CCCCC2)s1)c1ccco1. The molecule has 1 fully saturated rings. The zero-order valence-corrected chi connectivity index (χ0v) is 17.9. The Labute approximate surface area is 170 Å². The number of nitrogens with zero attached hydrogens (tertiary/aromatic N) is 2. The highest BCUT2D eigenvalue weighted by Gasteiger charge is 2.27. The van der Waals surface area contributed by atoms with Gasteiger partial charge in [0.15, 0.2) is 0 Å². The predicted octanol–water partition coefficient (Wildman–Crippen LogP) is 2.48. The molecule has 1 aliphatic heterocycles. The van der Waals surface area contributed by atoms with E-state index in [4.69, 9.17) is 4.42 Å². The van der Waals surface area contributed by atoms with Crippen molar-refractivity contribution in [3.05, 3.63) is 41.2 Å². The zero-order chi connectivity index (χ0) is 20.1. The maximum Gasteiger partial charge on any atom is 0.252 e. The van der Waals surface area contributed by atoms with E-state index in [0.29, 0.717) is 23.8 Å². The largest absolute Gasteiger partial charge is 0.468 e. The molecule has 2 aromatic heterocycles. The Morgan fingerprint density at radius 3 is 2.64 bits per heavy atom. The van der Waals surface area contributed by atoms with E-state index in [1.54, 1.807) is 22.7 Å². The van der Waals surface area contributed by atoms with Crippen LogP contribution < -0.4 is 5.32 Å². The average molecular weight is 426 g/mol. The first-order valence-electron chi connectivity index (χ1n) is 9.43. The zero-order valence-electron chi connectivity index (χ0n) is 16.3. The van der Waals surface area contributed by atoms with E-state index in [9.17, 15) is 13.2 Å². The summed E-state index contributed by atoms with van der Waals surface area (Å²) in [5, 5.41) is 2.92. The monoisotopic (exact) mass is 425 g/mol. The Morgan fingerprint density at radius 2 is 2.00 bits per heavy atom. The number of carbonyl (C=O) groups is 1. The first-order chi connectivity index (χ1) is 13.4. The lowest BCUT2D eigenvalue weighted by Crippen LogP contribution is -2.35. The van der Waals surface area contributed by atoms with Gasteiger partial charge in [-0.1, -0.05) is 6.42 Å². The summed E-state index contributed by atoms with van der Waals surface area (Å²) in [5.41, 5.74) is 0. The molecule has 1 aliphatic rings. The summed E-state index contributed by atoms with van der Waals surface area (Å²) in [4.78, 5) is 15.1. The van der Waals surface area contributed by atoms with Gasteiger partial charge in [0, 0.05) is 24.5 Å². The van der Waals surface area contributed by atoms with Gasteiger partial charge in [-0.25, -0.2) is 8.42 Å². The smallest absolute Gasteiger partial charge is 0.252 e. The second-order valence-electron chi connectivity index (χ2n) is 7.16. The molecule has 0 saturated carbocycles. The van der Waals surface area contributed by atoms with Crippen molar-refractivity contribution < 1.29 is 17.6 Å². The van der Waals surface area contributed by atoms with E-state index in [2.05, 4.69) is 5.32 Å². The number of carbonyl (C=O) groups excluding carboxylic acids is 1. The summed E-state index contributed by atoms with van der Waals surface area (Å²) in [6, 6.07) is 6.99. The quantitative estimate of drug-likeness (QED) is 0.703. The van der Waals surface area contributed by atoms with Crippen LogP contribution in [0.1, 0.15) is 35.9 Å². The molecule has 2 aromatic rings. The number of sulfonamides is 1. The highest BCUT2D eigenvalue weighted by Crippen LogP contribution is 2.27. The fourth-order valence-electron chi connectivity index (χ4n) is 3.27. The van der Waals surface area contributed by atoms with Crippen LogP contribution in [0.3, 0.4) is 0 Å². The molecule has 28 heavy (non-hydrogen) atoms. The number of furan rings is 1. The molecule has 0 bridgehead atoms. The van der Waals surface area contributed by atoms with Crippen molar-refractivity contribution >= 4 is 27.3 Å². The van der Waals surface area contributed by atoms with Crippen molar-refractivity contribution in [2.45, 2.75) is 35.9 Å². The topological polar surface area (TPSA) is 82.9 Å². The third-order valence-corrected chi connectivity index (χ3v) is 8.32. The maximum atomic E-state index is 12.7. The number of hydrogen-bond acceptors (Lipinski definition) is 6. The van der Waals surface area contributed by atoms with Crippen molar-refractivity contribution in [2.75, 3.05) is 33.7 Å². The second-order valence-corrected chi connectivity index (χ2v) is 10.5. The Hall–Kier alpha value is -1.68. The normalized spacial score (nSPS) is 17.0. The molecule has 154 valence electrons. The number of hydrogen-bond donors (Lipinski definition) is 1. The van der Waals surface area contributed by atoms with Crippen LogP contribution in [0.2, 0.25) is 0 Å². The third-order valence-electron chi connectivity index (χ3n) is 4.87. The lowest BCUT2D eigenvalue weighted by Gasteiger charge is -2.25. The van der Waals surface area contributed by atoms with Crippen LogP contribution in [0.15, 0.2) is 39.2 Å². The summed E-state index contributed by atoms with van der Waals surface area (Å²) >= 11 is 1.18. The van der Waals surface area contributed by atoms with Crippen molar-refractivity contribution in [3.63, 3.8) is 0 Å². The standard InChI is InChI=1S/C19H27N3O4S2/c1-21(2)16(17-7-6-12-26-17)14-20-18(23)13-15-8-9-19(27-15)28(24,25)22-10-4-3-5-11-22/h6-9,12,16H,3-5,10-11,13-14H2,1-2H3,(H,20,23). The highest BCUT2D eigenvalue weighted by molar-refractivity contribution is 7.91. The molecule has 7 nitrogen and oxygen atoms in total. The Balaban J connectivity index is 1.58. The van der Waals surface area contributed by atoms with Crippen LogP contribution in [-0.4, -0.2) is 57.3 Å². The molecular formula is C19H27N3O4S2. The maximum absolute atomic E-state index is 12.7. The van der Waals surface area contributed by atoms with E-state index in [1.807, 2.05) is 31.1 Å². The van der Waals surface area contributed by atoms with Crippen molar-refractivity contribution in [1.29, 1.82) is 0 Å². The van der Waals surface area contributed by atoms with Crippen molar-refractivity contribution in [1.82, 2.24) is 14.5 Å². The van der Waals surface area contributed by atoms with Gasteiger partial charge in [0.25, 0.3) is 10.0 Å². The van der Waals surface area contributed by atoms with Crippen LogP contribution in [-0.2, 0) is 21.2 Å². The fraction of sp³-hybridized carbons (Fsp3) is 0.526. The van der Waals surface area contributed by atoms with Crippen LogP contribution in [0.25, 0.3) is 0 Å². The molecule has 3 rings (SSSR count). The molecule has 1 saturated heterocycles. The van der Waals surface area contributed by atoms with Crippen LogP contribution >= 0.6 is 11.3 Å². The molecule has 0 aliphatic carbocycles. The minimum absolute atomic E-state index is 0.0580. The molecule has 0 spiro atoms. The van der Waals surface area contributed by atoms with E-state index >= 15 is 0 Å². The molecule has 1 amide bonds. The summed E-state index contributed by atoms with van der Waals surface area (Å²) in [6.45, 7) is 1.58. The minimum Gasteiger partial charge on any atom is -0.468 e. The molecular weight excluding hydrogens is 398 g/mol. The van der Waals surface area contributed by atoms with Crippen molar-refractivity contribution in [3.8, 4) is 0 Å². The van der Waals surface area contributed by atoms with Gasteiger partial charge in [-0.05, 0) is 51.2 Å². The average Bonchev–Trinajstić information content (AvgIpc) is 3.35. The Morgan fingerprint density at radius 1 is 1.25 bits per heavy atom. The number of piperidine rings is 1. The molecule has 9 heteroatoms. The van der Waals surface area contributed by atoms with Gasteiger partial charge in [0.05, 0.1) is 18.7 Å². The van der Waals surface area contributed by atoms with Gasteiger partial charge in [-0.3, -0.25) is 9.69 Å². The summed E-state index contributed by atoms with van der Waals surface area (Å²) in [7, 11) is 0.411. The summed E-state index contributed by atoms with van der Waals surface area (Å²) < 4.78 is 32.8. The Bertz CT molecular complexity index is 869. The van der Waals surface area contributed by atoms with Gasteiger partial charge in [0.2, 0.25) is 5.91 Å². The van der Waals surface area contributed by atoms with E-state index < -0.39 is 10.0 Å². The summed E-state index contributed by atoms with van der Waals surface area (Å²) in [6.07, 6.45) is 4.67. The molecule has 0 radical (unpaired) electrons. The Kier molecular flexibility index (Phi) is 6.92. The molecule has 3 heterocycles. The van der Waals surface area contributed by atoms with Gasteiger partial charge < -0.3 is 9.73 Å². The molecule has 0 aromatic carbocycles. The first-order valence-corrected chi connectivity index (χ1v) is 11.7. The number of likely N-dealkylation sites (N-methyl/N-ethyl adjacent to an activating group) is 1. The van der Waals surface area contributed by atoms with Crippen LogP contribution in [0.4, 0.5) is 0 Å². The fourth-order valence-corrected chi connectivity index (χ4v) is 6.30. The van der Waals surface area contributed by atoms with Gasteiger partial charge in [-0.2, -0.15) is 4.31 Å². The van der Waals surface area contributed by atoms with E-state index in [1.165, 1.54) is 11.3 Å². The highest BCUT2D eigenvalue weighted by atomic mass is 32.2. The van der Waals surface area contributed by atoms with Gasteiger partial charge in [-0.15, -0.1) is 11.3 Å². The van der Waals surface area contributed by atoms with Crippen LogP contribution in [0, 0.1) is 0 Å². The lowest BCUT2D eigenvalue weighted by molar-refractivity contribution is -0.120. The van der Waals surface area contributed by atoms with Gasteiger partial charge in [0.1, 0.15) is 9.97 Å². The van der Waals surface area contributed by atoms with E-state index in [0.717, 1.165) is 29.9 Å². The second kappa shape index (κ2) is 9.21. The number of nitrogens with one attached hydrogen (secondary N) is 1. The third kappa shape index (κ3) is 5.02. The van der Waals surface area contributed by atoms with Crippen molar-refractivity contribution in [2.24, 2.45) is 0 Å². The van der Waals surface area contributed by atoms with E-state index in [-0.39, 0.29) is 18.4 Å². The number of thiophene rings is 1. The first kappa shape index (κ1) is 21.0. The predicted molar refractivity (Wildman–Crippen MR) is 109 cm³/mol.